The van der Waals surface area contributed by atoms with Crippen LogP contribution in [0, 0.1) is 5.92 Å². The zero-order chi connectivity index (χ0) is 67.0. The topological polar surface area (TPSA) is 237 Å². The number of aliphatic hydroxyl groups excluding tert-OH is 1. The Morgan fingerprint density at radius 1 is 0.297 bits per heavy atom. The van der Waals surface area contributed by atoms with Crippen molar-refractivity contribution >= 4 is 39.5 Å². The number of esters is 4. The molecule has 0 aliphatic rings. The Hall–Kier alpha value is -1.94. The molecule has 2 unspecified atom stereocenters. The second-order valence-corrected chi connectivity index (χ2v) is 29.4. The quantitative estimate of drug-likeness (QED) is 0.0222. The summed E-state index contributed by atoms with van der Waals surface area (Å²) in [6.07, 6.45) is 52.8. The minimum absolute atomic E-state index is 0.105. The van der Waals surface area contributed by atoms with Crippen LogP contribution in [-0.2, 0) is 65.4 Å². The molecule has 0 fully saturated rings. The number of aliphatic hydroxyl groups is 1. The Kier molecular flexibility index (Phi) is 64.0. The van der Waals surface area contributed by atoms with Crippen LogP contribution in [0.25, 0.3) is 0 Å². The first-order valence-corrected chi connectivity index (χ1v) is 40.6. The van der Waals surface area contributed by atoms with E-state index in [4.69, 9.17) is 37.0 Å². The molecule has 0 aliphatic carbocycles. The third-order valence-electron chi connectivity index (χ3n) is 16.8. The van der Waals surface area contributed by atoms with Gasteiger partial charge in [0.2, 0.25) is 0 Å². The predicted molar refractivity (Wildman–Crippen MR) is 368 cm³/mol. The number of unbranched alkanes of at least 4 members (excludes halogenated alkanes) is 44. The number of ether oxygens (including phenoxy) is 4. The molecule has 0 amide bonds. The fourth-order valence-corrected chi connectivity index (χ4v) is 12.6. The third-order valence-corrected chi connectivity index (χ3v) is 18.7. The zero-order valence-electron chi connectivity index (χ0n) is 59.0. The summed E-state index contributed by atoms with van der Waals surface area (Å²) in [5, 5.41) is 10.6. The van der Waals surface area contributed by atoms with Gasteiger partial charge in [0.25, 0.3) is 0 Å². The molecule has 0 aromatic rings. The second kappa shape index (κ2) is 65.4. The van der Waals surface area contributed by atoms with Crippen LogP contribution in [0.15, 0.2) is 0 Å². The minimum atomic E-state index is -4.95. The standard InChI is InChI=1S/C72H140O17P2/c1-6-9-12-15-18-20-22-24-26-27-29-31-33-37-42-47-52-57-71(76)89-68(62-83-70(75)56-51-46-41-36-32-30-28-25-23-21-19-16-13-10-7-2)64-87-91(80,81)85-60-66(73)59-84-90(78,79)86-63-67(61-82-69(74)55-50-45-39-17-14-11-8-3)88-72(77)58-53-48-43-38-34-35-40-44-49-54-65(4)5/h65-68,73H,6-64H2,1-5H3,(H,78,79)(H,80,81)/t66-,67+,68+/m0/s1. The summed E-state index contributed by atoms with van der Waals surface area (Å²) in [5.41, 5.74) is 0. The lowest BCUT2D eigenvalue weighted by molar-refractivity contribution is -0.161. The highest BCUT2D eigenvalue weighted by Gasteiger charge is 2.30. The molecule has 0 radical (unpaired) electrons. The van der Waals surface area contributed by atoms with Crippen molar-refractivity contribution in [3.63, 3.8) is 0 Å². The molecule has 0 saturated carbocycles. The van der Waals surface area contributed by atoms with Crippen molar-refractivity contribution in [2.45, 2.75) is 393 Å². The van der Waals surface area contributed by atoms with Gasteiger partial charge < -0.3 is 33.8 Å². The van der Waals surface area contributed by atoms with Crippen LogP contribution in [0.4, 0.5) is 0 Å². The van der Waals surface area contributed by atoms with Crippen LogP contribution in [0.5, 0.6) is 0 Å². The number of phosphoric acid groups is 2. The average Bonchev–Trinajstić information content (AvgIpc) is 3.24. The van der Waals surface area contributed by atoms with Crippen molar-refractivity contribution in [2.75, 3.05) is 39.6 Å². The van der Waals surface area contributed by atoms with Gasteiger partial charge in [-0.15, -0.1) is 0 Å². The van der Waals surface area contributed by atoms with E-state index in [1.807, 2.05) is 0 Å². The summed E-state index contributed by atoms with van der Waals surface area (Å²) in [7, 11) is -9.90. The van der Waals surface area contributed by atoms with E-state index < -0.39 is 97.5 Å². The lowest BCUT2D eigenvalue weighted by Gasteiger charge is -2.21. The van der Waals surface area contributed by atoms with E-state index in [0.717, 1.165) is 109 Å². The first kappa shape index (κ1) is 89.1. The van der Waals surface area contributed by atoms with E-state index in [9.17, 15) is 43.2 Å². The van der Waals surface area contributed by atoms with Crippen molar-refractivity contribution in [2.24, 2.45) is 5.92 Å². The summed E-state index contributed by atoms with van der Waals surface area (Å²) in [5.74, 6) is -1.39. The molecule has 0 aromatic heterocycles. The largest absolute Gasteiger partial charge is 0.472 e. The van der Waals surface area contributed by atoms with Crippen LogP contribution in [-0.4, -0.2) is 96.7 Å². The fraction of sp³-hybridized carbons (Fsp3) is 0.944. The van der Waals surface area contributed by atoms with Crippen LogP contribution in [0.1, 0.15) is 375 Å². The smallest absolute Gasteiger partial charge is 0.462 e. The van der Waals surface area contributed by atoms with Crippen LogP contribution in [0.3, 0.4) is 0 Å². The second-order valence-electron chi connectivity index (χ2n) is 26.5. The number of hydrogen-bond donors (Lipinski definition) is 3. The van der Waals surface area contributed by atoms with Gasteiger partial charge in [0.15, 0.2) is 12.2 Å². The van der Waals surface area contributed by atoms with Gasteiger partial charge in [0.05, 0.1) is 26.4 Å². The van der Waals surface area contributed by atoms with Gasteiger partial charge in [-0.05, 0) is 31.6 Å². The molecule has 17 nitrogen and oxygen atoms in total. The number of hydrogen-bond acceptors (Lipinski definition) is 15. The molecule has 0 aromatic carbocycles. The number of rotatable bonds is 72. The first-order chi connectivity index (χ1) is 44.0. The third kappa shape index (κ3) is 66.5. The maximum atomic E-state index is 13.0. The van der Waals surface area contributed by atoms with Gasteiger partial charge in [0.1, 0.15) is 19.3 Å². The van der Waals surface area contributed by atoms with Crippen LogP contribution in [0.2, 0.25) is 0 Å². The Balaban J connectivity index is 5.20. The fourth-order valence-electron chi connectivity index (χ4n) is 11.0. The summed E-state index contributed by atoms with van der Waals surface area (Å²) >= 11 is 0. The molecular weight excluding hydrogens is 1200 g/mol. The van der Waals surface area contributed by atoms with Gasteiger partial charge in [-0.3, -0.25) is 37.3 Å². The Bertz CT molecular complexity index is 1750. The highest BCUT2D eigenvalue weighted by molar-refractivity contribution is 7.47. The van der Waals surface area contributed by atoms with Crippen molar-refractivity contribution in [1.82, 2.24) is 0 Å². The van der Waals surface area contributed by atoms with Gasteiger partial charge in [-0.2, -0.15) is 0 Å². The highest BCUT2D eigenvalue weighted by Crippen LogP contribution is 2.45. The lowest BCUT2D eigenvalue weighted by Crippen LogP contribution is -2.30. The summed E-state index contributed by atoms with van der Waals surface area (Å²) in [6.45, 7) is 7.20. The van der Waals surface area contributed by atoms with Crippen LogP contribution >= 0.6 is 15.6 Å². The maximum absolute atomic E-state index is 13.0. The summed E-state index contributed by atoms with van der Waals surface area (Å²) in [4.78, 5) is 72.5. The molecule has 0 spiro atoms. The monoisotopic (exact) mass is 1340 g/mol. The first-order valence-electron chi connectivity index (χ1n) is 37.6. The molecule has 0 bridgehead atoms. The van der Waals surface area contributed by atoms with Crippen LogP contribution < -0.4 is 0 Å². The van der Waals surface area contributed by atoms with E-state index >= 15 is 0 Å². The van der Waals surface area contributed by atoms with Crippen molar-refractivity contribution in [3.05, 3.63) is 0 Å². The van der Waals surface area contributed by atoms with Crippen molar-refractivity contribution < 1.29 is 80.2 Å². The summed E-state index contributed by atoms with van der Waals surface area (Å²) < 4.78 is 68.3. The zero-order valence-corrected chi connectivity index (χ0v) is 60.8. The number of carbonyl (C=O) groups excluding carboxylic acids is 4. The Morgan fingerprint density at radius 3 is 0.747 bits per heavy atom. The Morgan fingerprint density at radius 2 is 0.505 bits per heavy atom. The summed E-state index contributed by atoms with van der Waals surface area (Å²) in [6, 6.07) is 0. The number of carbonyl (C=O) groups is 4. The minimum Gasteiger partial charge on any atom is -0.462 e. The van der Waals surface area contributed by atoms with Crippen molar-refractivity contribution in [1.29, 1.82) is 0 Å². The molecule has 0 rings (SSSR count). The number of phosphoric ester groups is 2. The van der Waals surface area contributed by atoms with E-state index in [1.54, 1.807) is 0 Å². The Labute approximate surface area is 556 Å². The average molecular weight is 1340 g/mol. The van der Waals surface area contributed by atoms with E-state index in [2.05, 4.69) is 34.6 Å². The van der Waals surface area contributed by atoms with E-state index in [-0.39, 0.29) is 25.7 Å². The normalized spacial score (nSPS) is 14.0. The van der Waals surface area contributed by atoms with Gasteiger partial charge >= 0.3 is 39.5 Å². The molecule has 3 N–H and O–H groups in total. The molecule has 0 aliphatic heterocycles. The molecule has 19 heteroatoms. The molecule has 5 atom stereocenters. The maximum Gasteiger partial charge on any atom is 0.472 e. The van der Waals surface area contributed by atoms with Crippen molar-refractivity contribution in [3.8, 4) is 0 Å². The SMILES string of the molecule is CCCCCCCCCCCCCCCCCCCC(=O)O[C@H](COC(=O)CCCCCCCCCCCCCCCCC)COP(=O)(O)OC[C@@H](O)COP(=O)(O)OC[C@@H](COC(=O)CCCCCCCCC)OC(=O)CCCCCCCCCCCC(C)C. The van der Waals surface area contributed by atoms with Gasteiger partial charge in [-0.25, -0.2) is 9.13 Å². The van der Waals surface area contributed by atoms with E-state index in [1.165, 1.54) is 186 Å². The molecule has 540 valence electrons. The molecular formula is C72H140O17P2. The van der Waals surface area contributed by atoms with Gasteiger partial charge in [0, 0.05) is 25.7 Å². The lowest BCUT2D eigenvalue weighted by atomic mass is 10.0. The van der Waals surface area contributed by atoms with Gasteiger partial charge in [-0.1, -0.05) is 324 Å². The predicted octanol–water partition coefficient (Wildman–Crippen LogP) is 20.9. The van der Waals surface area contributed by atoms with E-state index in [0.29, 0.717) is 25.7 Å². The molecule has 0 heterocycles. The highest BCUT2D eigenvalue weighted by atomic mass is 31.2. The molecule has 91 heavy (non-hydrogen) atoms. The molecule has 0 saturated heterocycles.